The van der Waals surface area contributed by atoms with Crippen LogP contribution in [0.15, 0.2) is 24.3 Å². The molecule has 6 heteroatoms. The van der Waals surface area contributed by atoms with Crippen LogP contribution in [0.2, 0.25) is 0 Å². The normalized spacial score (nSPS) is 12.3. The Balaban J connectivity index is 4.36. The topological polar surface area (TPSA) is 93.1 Å². The van der Waals surface area contributed by atoms with Gasteiger partial charge < -0.3 is 19.7 Å². The lowest BCUT2D eigenvalue weighted by atomic mass is 10.0. The number of unbranched alkanes of at least 4 members (excludes halogenated alkanes) is 7. The van der Waals surface area contributed by atoms with E-state index >= 15 is 0 Å². The van der Waals surface area contributed by atoms with Crippen LogP contribution in [0.3, 0.4) is 0 Å². The Hall–Kier alpha value is -1.66. The van der Waals surface area contributed by atoms with E-state index < -0.39 is 24.0 Å². The zero-order valence-electron chi connectivity index (χ0n) is 17.8. The number of carbonyl (C=O) groups is 2. The Kier molecular flexibility index (Phi) is 13.5. The van der Waals surface area contributed by atoms with E-state index in [1.54, 1.807) is 0 Å². The molecule has 1 atom stereocenters. The Morgan fingerprint density at radius 1 is 0.857 bits per heavy atom. The fourth-order valence-corrected chi connectivity index (χ4v) is 2.59. The molecule has 0 radical (unpaired) electrons. The lowest BCUT2D eigenvalue weighted by Crippen LogP contribution is -2.41. The summed E-state index contributed by atoms with van der Waals surface area (Å²) in [6.45, 7) is 11.9. The largest absolute Gasteiger partial charge is 0.395 e. The number of aliphatic hydroxyl groups excluding tert-OH is 1. The maximum atomic E-state index is 11.7. The summed E-state index contributed by atoms with van der Waals surface area (Å²) in [5, 5.41) is 20.6. The molecule has 0 aliphatic rings. The predicted molar refractivity (Wildman–Crippen MR) is 109 cm³/mol. The number of carbonyl (C=O) groups excluding carboxylic acids is 2. The van der Waals surface area contributed by atoms with Crippen molar-refractivity contribution in [3.05, 3.63) is 24.3 Å². The molecule has 0 saturated carbocycles. The van der Waals surface area contributed by atoms with Gasteiger partial charge in [-0.3, -0.25) is 0 Å². The Morgan fingerprint density at radius 3 is 1.71 bits per heavy atom. The summed E-state index contributed by atoms with van der Waals surface area (Å²) in [6, 6.07) is 0. The Bertz CT molecular complexity index is 483. The van der Waals surface area contributed by atoms with Crippen molar-refractivity contribution in [2.24, 2.45) is 0 Å². The first-order valence-electron chi connectivity index (χ1n) is 10.3. The predicted octanol–water partition coefficient (Wildman–Crippen LogP) is 4.54. The number of rotatable bonds is 16. The highest BCUT2D eigenvalue weighted by Gasteiger charge is 2.37. The van der Waals surface area contributed by atoms with E-state index in [1.165, 1.54) is 46.0 Å². The maximum Gasteiger partial charge on any atom is 0.373 e. The van der Waals surface area contributed by atoms with Gasteiger partial charge in [0.2, 0.25) is 0 Å². The lowest BCUT2D eigenvalue weighted by molar-refractivity contribution is -0.326. The molecule has 1 unspecified atom stereocenters. The first-order chi connectivity index (χ1) is 13.1. The van der Waals surface area contributed by atoms with Crippen LogP contribution in [0.4, 0.5) is 0 Å². The molecule has 2 N–H and O–H groups in total. The first kappa shape index (κ1) is 26.3. The minimum atomic E-state index is -2.45. The van der Waals surface area contributed by atoms with E-state index in [4.69, 9.17) is 9.47 Å². The van der Waals surface area contributed by atoms with E-state index in [-0.39, 0.29) is 24.0 Å². The minimum absolute atomic E-state index is 0.0595. The molecular formula is C22H38O6. The molecule has 0 fully saturated rings. The van der Waals surface area contributed by atoms with Crippen molar-refractivity contribution in [1.82, 2.24) is 0 Å². The van der Waals surface area contributed by atoms with Gasteiger partial charge in [-0.1, -0.05) is 71.4 Å². The quantitative estimate of drug-likeness (QED) is 0.172. The molecule has 0 heterocycles. The van der Waals surface area contributed by atoms with Crippen LogP contribution >= 0.6 is 0 Å². The average molecular weight is 399 g/mol. The SMILES string of the molecule is C=C(C)C(=O)OC(O)(CCC(O)CCCCCCCCCC)OC(=O)C(=C)C. The zero-order valence-corrected chi connectivity index (χ0v) is 17.8. The minimum Gasteiger partial charge on any atom is -0.395 e. The van der Waals surface area contributed by atoms with E-state index in [1.807, 2.05) is 0 Å². The van der Waals surface area contributed by atoms with Crippen molar-refractivity contribution >= 4 is 11.9 Å². The smallest absolute Gasteiger partial charge is 0.373 e. The average Bonchev–Trinajstić information content (AvgIpc) is 2.62. The second-order valence-corrected chi connectivity index (χ2v) is 7.51. The number of hydrogen-bond donors (Lipinski definition) is 2. The molecule has 0 saturated heterocycles. The number of ether oxygens (including phenoxy) is 2. The third-order valence-corrected chi connectivity index (χ3v) is 4.39. The highest BCUT2D eigenvalue weighted by molar-refractivity contribution is 5.88. The van der Waals surface area contributed by atoms with Crippen LogP contribution < -0.4 is 0 Å². The molecule has 0 spiro atoms. The molecule has 0 aromatic carbocycles. The second-order valence-electron chi connectivity index (χ2n) is 7.51. The monoisotopic (exact) mass is 398 g/mol. The fraction of sp³-hybridized carbons (Fsp3) is 0.727. The molecule has 28 heavy (non-hydrogen) atoms. The van der Waals surface area contributed by atoms with Gasteiger partial charge in [-0.15, -0.1) is 0 Å². The van der Waals surface area contributed by atoms with Crippen LogP contribution in [0, 0.1) is 0 Å². The lowest BCUT2D eigenvalue weighted by Gasteiger charge is -2.28. The van der Waals surface area contributed by atoms with Gasteiger partial charge in [-0.05, 0) is 26.7 Å². The third kappa shape index (κ3) is 12.7. The number of esters is 2. The summed E-state index contributed by atoms with van der Waals surface area (Å²) in [7, 11) is 0. The molecule has 0 rings (SSSR count). The van der Waals surface area contributed by atoms with Crippen molar-refractivity contribution in [1.29, 1.82) is 0 Å². The van der Waals surface area contributed by atoms with Crippen molar-refractivity contribution < 1.29 is 29.3 Å². The van der Waals surface area contributed by atoms with Gasteiger partial charge in [0.25, 0.3) is 0 Å². The van der Waals surface area contributed by atoms with Crippen molar-refractivity contribution in [2.75, 3.05) is 0 Å². The van der Waals surface area contributed by atoms with Crippen molar-refractivity contribution in [2.45, 2.75) is 103 Å². The van der Waals surface area contributed by atoms with Crippen LogP contribution in [0.5, 0.6) is 0 Å². The van der Waals surface area contributed by atoms with Gasteiger partial charge in [-0.2, -0.15) is 0 Å². The molecule has 0 bridgehead atoms. The molecule has 0 aromatic heterocycles. The Labute approximate surface area is 169 Å². The summed E-state index contributed by atoms with van der Waals surface area (Å²) in [4.78, 5) is 23.5. The Morgan fingerprint density at radius 2 is 1.29 bits per heavy atom. The van der Waals surface area contributed by atoms with Gasteiger partial charge >= 0.3 is 17.9 Å². The molecule has 0 amide bonds. The highest BCUT2D eigenvalue weighted by Crippen LogP contribution is 2.23. The van der Waals surface area contributed by atoms with Crippen LogP contribution in [0.25, 0.3) is 0 Å². The molecule has 162 valence electrons. The van der Waals surface area contributed by atoms with E-state index in [9.17, 15) is 19.8 Å². The van der Waals surface area contributed by atoms with E-state index in [0.717, 1.165) is 19.3 Å². The van der Waals surface area contributed by atoms with E-state index in [0.29, 0.717) is 6.42 Å². The summed E-state index contributed by atoms with van der Waals surface area (Å²) in [6.07, 6.45) is 9.13. The van der Waals surface area contributed by atoms with Gasteiger partial charge in [0.05, 0.1) is 12.5 Å². The highest BCUT2D eigenvalue weighted by atomic mass is 16.8. The van der Waals surface area contributed by atoms with Crippen LogP contribution in [-0.4, -0.2) is 34.2 Å². The molecule has 0 aliphatic carbocycles. The molecular weight excluding hydrogens is 360 g/mol. The van der Waals surface area contributed by atoms with Crippen LogP contribution in [-0.2, 0) is 19.1 Å². The van der Waals surface area contributed by atoms with Gasteiger partial charge in [0, 0.05) is 11.1 Å². The van der Waals surface area contributed by atoms with Crippen LogP contribution in [0.1, 0.15) is 91.4 Å². The van der Waals surface area contributed by atoms with Gasteiger partial charge in [-0.25, -0.2) is 9.59 Å². The van der Waals surface area contributed by atoms with Crippen molar-refractivity contribution in [3.8, 4) is 0 Å². The van der Waals surface area contributed by atoms with Gasteiger partial charge in [0.15, 0.2) is 0 Å². The zero-order chi connectivity index (χ0) is 21.6. The summed E-state index contributed by atoms with van der Waals surface area (Å²) in [5.74, 6) is -4.21. The summed E-state index contributed by atoms with van der Waals surface area (Å²) >= 11 is 0. The second kappa shape index (κ2) is 14.4. The third-order valence-electron chi connectivity index (χ3n) is 4.39. The first-order valence-corrected chi connectivity index (χ1v) is 10.3. The van der Waals surface area contributed by atoms with E-state index in [2.05, 4.69) is 20.1 Å². The summed E-state index contributed by atoms with van der Waals surface area (Å²) in [5.41, 5.74) is 0.119. The molecule has 0 aromatic rings. The van der Waals surface area contributed by atoms with Gasteiger partial charge in [0.1, 0.15) is 0 Å². The van der Waals surface area contributed by atoms with Crippen molar-refractivity contribution in [3.63, 3.8) is 0 Å². The molecule has 0 aliphatic heterocycles. The fourth-order valence-electron chi connectivity index (χ4n) is 2.59. The number of hydrogen-bond acceptors (Lipinski definition) is 6. The standard InChI is InChI=1S/C22H38O6/c1-6-7-8-9-10-11-12-13-14-19(23)15-16-22(26,27-20(24)17(2)3)28-21(25)18(4)5/h19,23,26H,2,4,6-16H2,1,3,5H3. The number of aliphatic hydroxyl groups is 2. The summed E-state index contributed by atoms with van der Waals surface area (Å²) < 4.78 is 9.76. The molecule has 6 nitrogen and oxygen atoms in total. The maximum absolute atomic E-state index is 11.7.